The van der Waals surface area contributed by atoms with E-state index in [1.54, 1.807) is 0 Å². The maximum Gasteiger partial charge on any atom is 0.276 e. The van der Waals surface area contributed by atoms with Crippen molar-refractivity contribution in [2.24, 2.45) is 11.7 Å². The zero-order valence-electron chi connectivity index (χ0n) is 11.5. The summed E-state index contributed by atoms with van der Waals surface area (Å²) < 4.78 is 6.70. The SMILES string of the molecule is CCC(C)C(N)c1nnc(SCc2ccc(Br)cc2)o1. The standard InChI is InChI=1S/C14H18BrN3OS/c1-3-9(2)12(16)13-17-18-14(19-13)20-8-10-4-6-11(15)7-5-10/h4-7,9,12H,3,8,16H2,1-2H3. The predicted octanol–water partition coefficient (Wildman–Crippen LogP) is 4.17. The van der Waals surface area contributed by atoms with Crippen molar-refractivity contribution in [1.29, 1.82) is 0 Å². The number of nitrogens with zero attached hydrogens (tertiary/aromatic N) is 2. The fraction of sp³-hybridized carbons (Fsp3) is 0.429. The Morgan fingerprint density at radius 2 is 2.00 bits per heavy atom. The van der Waals surface area contributed by atoms with Crippen LogP contribution >= 0.6 is 27.7 Å². The largest absolute Gasteiger partial charge is 0.414 e. The average molecular weight is 356 g/mol. The average Bonchev–Trinajstić information content (AvgIpc) is 2.94. The van der Waals surface area contributed by atoms with E-state index in [1.165, 1.54) is 17.3 Å². The molecule has 2 N–H and O–H groups in total. The van der Waals surface area contributed by atoms with Gasteiger partial charge in [-0.1, -0.05) is 60.1 Å². The van der Waals surface area contributed by atoms with Gasteiger partial charge in [-0.15, -0.1) is 10.2 Å². The van der Waals surface area contributed by atoms with Crippen molar-refractivity contribution in [2.75, 3.05) is 0 Å². The molecule has 0 radical (unpaired) electrons. The topological polar surface area (TPSA) is 64.9 Å². The smallest absolute Gasteiger partial charge is 0.276 e. The fourth-order valence-electron chi connectivity index (χ4n) is 1.64. The van der Waals surface area contributed by atoms with E-state index in [0.717, 1.165) is 16.6 Å². The number of aromatic nitrogens is 2. The van der Waals surface area contributed by atoms with Gasteiger partial charge in [-0.05, 0) is 23.6 Å². The molecule has 0 amide bonds. The van der Waals surface area contributed by atoms with Crippen molar-refractivity contribution in [2.45, 2.75) is 37.3 Å². The third kappa shape index (κ3) is 4.07. The maximum absolute atomic E-state index is 6.08. The van der Waals surface area contributed by atoms with Crippen molar-refractivity contribution in [3.63, 3.8) is 0 Å². The summed E-state index contributed by atoms with van der Waals surface area (Å²) >= 11 is 4.95. The summed E-state index contributed by atoms with van der Waals surface area (Å²) in [6.45, 7) is 4.19. The lowest BCUT2D eigenvalue weighted by Gasteiger charge is -2.13. The van der Waals surface area contributed by atoms with E-state index >= 15 is 0 Å². The second-order valence-corrected chi connectivity index (χ2v) is 6.57. The van der Waals surface area contributed by atoms with Crippen LogP contribution in [0.5, 0.6) is 0 Å². The van der Waals surface area contributed by atoms with E-state index in [1.807, 2.05) is 12.1 Å². The van der Waals surface area contributed by atoms with Crippen LogP contribution in [0.3, 0.4) is 0 Å². The van der Waals surface area contributed by atoms with Crippen LogP contribution in [0.25, 0.3) is 0 Å². The predicted molar refractivity (Wildman–Crippen MR) is 84.4 cm³/mol. The van der Waals surface area contributed by atoms with Crippen LogP contribution in [-0.4, -0.2) is 10.2 Å². The number of nitrogens with two attached hydrogens (primary N) is 1. The molecule has 2 aromatic rings. The first-order valence-electron chi connectivity index (χ1n) is 6.56. The molecule has 1 aromatic carbocycles. The molecular weight excluding hydrogens is 338 g/mol. The minimum atomic E-state index is -0.186. The van der Waals surface area contributed by atoms with Crippen molar-refractivity contribution in [1.82, 2.24) is 10.2 Å². The quantitative estimate of drug-likeness (QED) is 0.787. The highest BCUT2D eigenvalue weighted by Gasteiger charge is 2.19. The summed E-state index contributed by atoms with van der Waals surface area (Å²) in [5.41, 5.74) is 7.29. The molecule has 2 unspecified atom stereocenters. The first-order valence-corrected chi connectivity index (χ1v) is 8.34. The van der Waals surface area contributed by atoms with Gasteiger partial charge in [-0.2, -0.15) is 0 Å². The molecule has 0 aliphatic rings. The molecule has 4 nitrogen and oxygen atoms in total. The molecule has 2 atom stereocenters. The van der Waals surface area contributed by atoms with Gasteiger partial charge in [0, 0.05) is 10.2 Å². The second-order valence-electron chi connectivity index (χ2n) is 4.73. The molecule has 0 saturated carbocycles. The molecule has 0 saturated heterocycles. The Labute approximate surface area is 131 Å². The van der Waals surface area contributed by atoms with E-state index in [2.05, 4.69) is 52.1 Å². The Balaban J connectivity index is 1.94. The lowest BCUT2D eigenvalue weighted by atomic mass is 10.0. The molecule has 0 fully saturated rings. The second kappa shape index (κ2) is 7.24. The van der Waals surface area contributed by atoms with Crippen molar-refractivity contribution in [3.8, 4) is 0 Å². The van der Waals surface area contributed by atoms with Crippen LogP contribution in [0, 0.1) is 5.92 Å². The third-order valence-corrected chi connectivity index (χ3v) is 4.66. The van der Waals surface area contributed by atoms with Crippen LogP contribution in [0.15, 0.2) is 38.4 Å². The Bertz CT molecular complexity index is 544. The summed E-state index contributed by atoms with van der Waals surface area (Å²) in [6.07, 6.45) is 0.991. The van der Waals surface area contributed by atoms with Gasteiger partial charge in [0.15, 0.2) is 0 Å². The van der Waals surface area contributed by atoms with Gasteiger partial charge < -0.3 is 10.2 Å². The van der Waals surface area contributed by atoms with Crippen LogP contribution in [-0.2, 0) is 5.75 Å². The van der Waals surface area contributed by atoms with Crippen LogP contribution in [0.2, 0.25) is 0 Å². The zero-order chi connectivity index (χ0) is 14.5. The first-order chi connectivity index (χ1) is 9.60. The number of halogens is 1. The molecule has 1 heterocycles. The van der Waals surface area contributed by atoms with E-state index in [9.17, 15) is 0 Å². The van der Waals surface area contributed by atoms with Gasteiger partial charge in [0.1, 0.15) is 0 Å². The molecule has 6 heteroatoms. The Morgan fingerprint density at radius 3 is 2.65 bits per heavy atom. The van der Waals surface area contributed by atoms with Crippen molar-refractivity contribution < 1.29 is 4.42 Å². The van der Waals surface area contributed by atoms with E-state index in [4.69, 9.17) is 10.2 Å². The molecule has 0 spiro atoms. The Hall–Kier alpha value is -0.850. The zero-order valence-corrected chi connectivity index (χ0v) is 13.9. The van der Waals surface area contributed by atoms with Gasteiger partial charge in [0.05, 0.1) is 6.04 Å². The van der Waals surface area contributed by atoms with Gasteiger partial charge in [0.2, 0.25) is 5.89 Å². The highest BCUT2D eigenvalue weighted by molar-refractivity contribution is 9.10. The normalized spacial score (nSPS) is 14.2. The molecule has 0 aliphatic heterocycles. The fourth-order valence-corrected chi connectivity index (χ4v) is 2.63. The summed E-state index contributed by atoms with van der Waals surface area (Å²) in [4.78, 5) is 0. The molecule has 2 rings (SSSR count). The van der Waals surface area contributed by atoms with Crippen molar-refractivity contribution in [3.05, 3.63) is 40.2 Å². The van der Waals surface area contributed by atoms with Gasteiger partial charge in [-0.3, -0.25) is 0 Å². The van der Waals surface area contributed by atoms with E-state index < -0.39 is 0 Å². The maximum atomic E-state index is 6.08. The molecular formula is C14H18BrN3OS. The molecule has 0 aliphatic carbocycles. The van der Waals surface area contributed by atoms with E-state index in [-0.39, 0.29) is 6.04 Å². The molecule has 1 aromatic heterocycles. The number of hydrogen-bond acceptors (Lipinski definition) is 5. The highest BCUT2D eigenvalue weighted by atomic mass is 79.9. The minimum Gasteiger partial charge on any atom is -0.414 e. The lowest BCUT2D eigenvalue weighted by molar-refractivity contribution is 0.333. The number of hydrogen-bond donors (Lipinski definition) is 1. The Kier molecular flexibility index (Phi) is 5.63. The highest BCUT2D eigenvalue weighted by Crippen LogP contribution is 2.26. The van der Waals surface area contributed by atoms with Crippen LogP contribution in [0.4, 0.5) is 0 Å². The van der Waals surface area contributed by atoms with Crippen molar-refractivity contribution >= 4 is 27.7 Å². The van der Waals surface area contributed by atoms with Crippen LogP contribution < -0.4 is 5.73 Å². The Morgan fingerprint density at radius 1 is 1.30 bits per heavy atom. The summed E-state index contributed by atoms with van der Waals surface area (Å²) in [5.74, 6) is 1.66. The van der Waals surface area contributed by atoms with Gasteiger partial charge >= 0.3 is 0 Å². The summed E-state index contributed by atoms with van der Waals surface area (Å²) in [5, 5.41) is 8.66. The minimum absolute atomic E-state index is 0.186. The third-order valence-electron chi connectivity index (χ3n) is 3.24. The van der Waals surface area contributed by atoms with Gasteiger partial charge in [-0.25, -0.2) is 0 Å². The summed E-state index contributed by atoms with van der Waals surface area (Å²) in [6, 6.07) is 8.00. The summed E-state index contributed by atoms with van der Waals surface area (Å²) in [7, 11) is 0. The monoisotopic (exact) mass is 355 g/mol. The number of thioether (sulfide) groups is 1. The number of benzene rings is 1. The molecule has 20 heavy (non-hydrogen) atoms. The van der Waals surface area contributed by atoms with E-state index in [0.29, 0.717) is 17.0 Å². The van der Waals surface area contributed by atoms with Crippen LogP contribution in [0.1, 0.15) is 37.8 Å². The molecule has 0 bridgehead atoms. The lowest BCUT2D eigenvalue weighted by Crippen LogP contribution is -2.18. The van der Waals surface area contributed by atoms with Gasteiger partial charge in [0.25, 0.3) is 5.22 Å². The number of rotatable bonds is 6. The molecule has 108 valence electrons. The first kappa shape index (κ1) is 15.5.